The molecule has 0 aromatic heterocycles. The van der Waals surface area contributed by atoms with E-state index in [0.29, 0.717) is 30.8 Å². The van der Waals surface area contributed by atoms with Gasteiger partial charge in [0.1, 0.15) is 5.75 Å². The molecule has 6 nitrogen and oxygen atoms in total. The molecular weight excluding hydrogens is 388 g/mol. The zero-order chi connectivity index (χ0) is 20.4. The topological polar surface area (TPSA) is 66.9 Å². The fourth-order valence-corrected chi connectivity index (χ4v) is 6.92. The molecule has 3 atom stereocenters. The molecule has 1 aromatic rings. The van der Waals surface area contributed by atoms with E-state index in [4.69, 9.17) is 4.74 Å². The number of piperidine rings is 2. The van der Waals surface area contributed by atoms with Crippen LogP contribution in [0.2, 0.25) is 0 Å². The van der Waals surface area contributed by atoms with Crippen molar-refractivity contribution in [2.24, 2.45) is 11.8 Å². The monoisotopic (exact) mass is 420 g/mol. The number of rotatable bonds is 4. The lowest BCUT2D eigenvalue weighted by molar-refractivity contribution is -0.143. The van der Waals surface area contributed by atoms with Crippen LogP contribution in [0.3, 0.4) is 0 Å². The number of amides is 1. The van der Waals surface area contributed by atoms with Gasteiger partial charge in [-0.15, -0.1) is 0 Å². The summed E-state index contributed by atoms with van der Waals surface area (Å²) in [6.45, 7) is 1.60. The minimum atomic E-state index is -3.60. The molecule has 3 fully saturated rings. The Labute approximate surface area is 174 Å². The molecule has 160 valence electrons. The van der Waals surface area contributed by atoms with Gasteiger partial charge in [-0.1, -0.05) is 12.8 Å². The van der Waals surface area contributed by atoms with Crippen LogP contribution in [0.1, 0.15) is 51.4 Å². The molecular formula is C22H32N2O4S. The fourth-order valence-electron chi connectivity index (χ4n) is 5.39. The van der Waals surface area contributed by atoms with Crippen molar-refractivity contribution in [1.82, 2.24) is 9.21 Å². The van der Waals surface area contributed by atoms with Crippen LogP contribution in [-0.2, 0) is 14.8 Å². The third-order valence-electron chi connectivity index (χ3n) is 6.96. The molecule has 7 heteroatoms. The summed E-state index contributed by atoms with van der Waals surface area (Å²) in [6.07, 6.45) is 8.64. The van der Waals surface area contributed by atoms with Gasteiger partial charge in [0.25, 0.3) is 0 Å². The lowest BCUT2D eigenvalue weighted by Gasteiger charge is -2.46. The molecule has 2 aliphatic heterocycles. The van der Waals surface area contributed by atoms with Crippen molar-refractivity contribution >= 4 is 15.9 Å². The number of benzene rings is 1. The van der Waals surface area contributed by atoms with E-state index in [0.717, 1.165) is 32.2 Å². The number of nitrogens with zero attached hydrogens (tertiary/aromatic N) is 2. The smallest absolute Gasteiger partial charge is 0.243 e. The van der Waals surface area contributed by atoms with Crippen LogP contribution >= 0.6 is 0 Å². The second-order valence-electron chi connectivity index (χ2n) is 8.66. The van der Waals surface area contributed by atoms with E-state index in [1.165, 1.54) is 30.0 Å². The van der Waals surface area contributed by atoms with Crippen LogP contribution in [-0.4, -0.2) is 56.3 Å². The summed E-state index contributed by atoms with van der Waals surface area (Å²) >= 11 is 0. The number of fused-ring (bicyclic) bond motifs is 1. The van der Waals surface area contributed by atoms with Gasteiger partial charge in [-0.25, -0.2) is 8.42 Å². The number of likely N-dealkylation sites (tertiary alicyclic amines) is 1. The van der Waals surface area contributed by atoms with Gasteiger partial charge in [0, 0.05) is 25.7 Å². The highest BCUT2D eigenvalue weighted by molar-refractivity contribution is 7.89. The first-order chi connectivity index (χ1) is 14.0. The highest BCUT2D eigenvalue weighted by Gasteiger charge is 2.40. The molecule has 0 radical (unpaired) electrons. The van der Waals surface area contributed by atoms with E-state index in [2.05, 4.69) is 4.90 Å². The third-order valence-corrected chi connectivity index (χ3v) is 8.84. The number of carbonyl (C=O) groups excluding carboxylic acids is 1. The predicted molar refractivity (Wildman–Crippen MR) is 111 cm³/mol. The van der Waals surface area contributed by atoms with E-state index < -0.39 is 10.0 Å². The summed E-state index contributed by atoms with van der Waals surface area (Å²) in [5.74, 6) is 1.22. The summed E-state index contributed by atoms with van der Waals surface area (Å²) < 4.78 is 32.9. The maximum atomic E-state index is 13.4. The molecule has 0 bridgehead atoms. The second-order valence-corrected chi connectivity index (χ2v) is 10.6. The molecule has 2 heterocycles. The largest absolute Gasteiger partial charge is 0.497 e. The average molecular weight is 421 g/mol. The predicted octanol–water partition coefficient (Wildman–Crippen LogP) is 3.28. The van der Waals surface area contributed by atoms with Crippen LogP contribution in [0.15, 0.2) is 29.2 Å². The van der Waals surface area contributed by atoms with Gasteiger partial charge in [0.2, 0.25) is 15.9 Å². The molecule has 2 saturated heterocycles. The average Bonchev–Trinajstić information content (AvgIpc) is 2.78. The quantitative estimate of drug-likeness (QED) is 0.750. The van der Waals surface area contributed by atoms with Crippen molar-refractivity contribution in [3.8, 4) is 5.75 Å². The Balaban J connectivity index is 1.47. The molecule has 1 aliphatic carbocycles. The first-order valence-electron chi connectivity index (χ1n) is 11.0. The van der Waals surface area contributed by atoms with Gasteiger partial charge in [-0.05, 0) is 68.7 Å². The SMILES string of the molecule is COc1ccc(S(=O)(=O)N2CCCC(C(=O)N3CCCC4CCCCC43)C2)cc1. The van der Waals surface area contributed by atoms with Crippen LogP contribution in [0.25, 0.3) is 0 Å². The molecule has 1 amide bonds. The second kappa shape index (κ2) is 8.64. The Morgan fingerprint density at radius 3 is 2.41 bits per heavy atom. The fraction of sp³-hybridized carbons (Fsp3) is 0.682. The van der Waals surface area contributed by atoms with Crippen molar-refractivity contribution in [2.75, 3.05) is 26.7 Å². The first kappa shape index (κ1) is 20.7. The van der Waals surface area contributed by atoms with Crippen LogP contribution in [0.5, 0.6) is 5.75 Å². The number of carbonyl (C=O) groups is 1. The number of methoxy groups -OCH3 is 1. The molecule has 1 saturated carbocycles. The molecule has 3 aliphatic rings. The van der Waals surface area contributed by atoms with Gasteiger partial charge >= 0.3 is 0 Å². The molecule has 3 unspecified atom stereocenters. The standard InChI is InChI=1S/C22H32N2O4S/c1-28-19-10-12-20(13-11-19)29(26,27)23-14-4-8-18(16-23)22(25)24-15-5-7-17-6-2-3-9-21(17)24/h10-13,17-18,21H,2-9,14-16H2,1H3. The highest BCUT2D eigenvalue weighted by atomic mass is 32.2. The lowest BCUT2D eigenvalue weighted by atomic mass is 9.77. The Bertz CT molecular complexity index is 822. The van der Waals surface area contributed by atoms with Crippen molar-refractivity contribution in [3.05, 3.63) is 24.3 Å². The third kappa shape index (κ3) is 4.17. The Hall–Kier alpha value is -1.60. The van der Waals surface area contributed by atoms with E-state index in [1.54, 1.807) is 31.4 Å². The number of ether oxygens (including phenoxy) is 1. The Kier molecular flexibility index (Phi) is 6.16. The molecule has 29 heavy (non-hydrogen) atoms. The van der Waals surface area contributed by atoms with E-state index in [-0.39, 0.29) is 16.7 Å². The Morgan fingerprint density at radius 2 is 1.66 bits per heavy atom. The maximum absolute atomic E-state index is 13.4. The van der Waals surface area contributed by atoms with Crippen LogP contribution in [0, 0.1) is 11.8 Å². The highest BCUT2D eigenvalue weighted by Crippen LogP contribution is 2.37. The molecule has 1 aromatic carbocycles. The maximum Gasteiger partial charge on any atom is 0.243 e. The molecule has 4 rings (SSSR count). The van der Waals surface area contributed by atoms with E-state index in [1.807, 2.05) is 0 Å². The van der Waals surface area contributed by atoms with E-state index >= 15 is 0 Å². The minimum Gasteiger partial charge on any atom is -0.497 e. The van der Waals surface area contributed by atoms with Gasteiger partial charge < -0.3 is 9.64 Å². The van der Waals surface area contributed by atoms with Crippen molar-refractivity contribution in [1.29, 1.82) is 0 Å². The zero-order valence-electron chi connectivity index (χ0n) is 17.3. The number of hydrogen-bond donors (Lipinski definition) is 0. The van der Waals surface area contributed by atoms with Gasteiger partial charge in [-0.2, -0.15) is 4.31 Å². The van der Waals surface area contributed by atoms with E-state index in [9.17, 15) is 13.2 Å². The number of sulfonamides is 1. The zero-order valence-corrected chi connectivity index (χ0v) is 18.1. The summed E-state index contributed by atoms with van der Waals surface area (Å²) in [6, 6.07) is 6.86. The van der Waals surface area contributed by atoms with Gasteiger partial charge in [-0.3, -0.25) is 4.79 Å². The summed E-state index contributed by atoms with van der Waals surface area (Å²) in [5, 5.41) is 0. The van der Waals surface area contributed by atoms with Gasteiger partial charge in [0.05, 0.1) is 17.9 Å². The summed E-state index contributed by atoms with van der Waals surface area (Å²) in [5.41, 5.74) is 0. The summed E-state index contributed by atoms with van der Waals surface area (Å²) in [7, 11) is -2.04. The van der Waals surface area contributed by atoms with Crippen LogP contribution < -0.4 is 4.74 Å². The Morgan fingerprint density at radius 1 is 0.966 bits per heavy atom. The molecule has 0 spiro atoms. The van der Waals surface area contributed by atoms with Crippen molar-refractivity contribution in [2.45, 2.75) is 62.3 Å². The minimum absolute atomic E-state index is 0.177. The lowest BCUT2D eigenvalue weighted by Crippen LogP contribution is -2.54. The van der Waals surface area contributed by atoms with Crippen molar-refractivity contribution < 1.29 is 17.9 Å². The van der Waals surface area contributed by atoms with Crippen molar-refractivity contribution in [3.63, 3.8) is 0 Å². The first-order valence-corrected chi connectivity index (χ1v) is 12.4. The van der Waals surface area contributed by atoms with Gasteiger partial charge in [0.15, 0.2) is 0 Å². The normalized spacial score (nSPS) is 28.6. The summed E-state index contributed by atoms with van der Waals surface area (Å²) in [4.78, 5) is 15.8. The number of hydrogen-bond acceptors (Lipinski definition) is 4. The molecule has 0 N–H and O–H groups in total. The van der Waals surface area contributed by atoms with Crippen LogP contribution in [0.4, 0.5) is 0 Å².